The Balaban J connectivity index is 2.63. The molecular formula is C23H30F3NO5. The van der Waals surface area contributed by atoms with Crippen LogP contribution >= 0.6 is 0 Å². The number of carbonyl (C=O) groups is 3. The number of alkyl halides is 3. The average Bonchev–Trinajstić information content (AvgIpc) is 2.98. The maximum atomic E-state index is 13.4. The number of ketones is 1. The van der Waals surface area contributed by atoms with Crippen LogP contribution in [-0.2, 0) is 25.2 Å². The Hall–Kier alpha value is -2.58. The summed E-state index contributed by atoms with van der Waals surface area (Å²) in [5.41, 5.74) is -4.71. The summed E-state index contributed by atoms with van der Waals surface area (Å²) in [7, 11) is 0. The van der Waals surface area contributed by atoms with Crippen molar-refractivity contribution in [3.63, 3.8) is 0 Å². The largest absolute Gasteiger partial charge is 0.459 e. The molecule has 1 aromatic rings. The highest BCUT2D eigenvalue weighted by molar-refractivity contribution is 6.06. The molecule has 0 aromatic heterocycles. The number of Topliss-reactive ketones (excluding diaryl/α,β-unsaturated/α-hetero) is 1. The summed E-state index contributed by atoms with van der Waals surface area (Å²) in [6.45, 7) is 9.73. The van der Waals surface area contributed by atoms with Gasteiger partial charge in [0, 0.05) is 6.42 Å². The van der Waals surface area contributed by atoms with Gasteiger partial charge in [0.1, 0.15) is 11.2 Å². The number of benzene rings is 1. The molecule has 1 N–H and O–H groups in total. The molecule has 1 aromatic carbocycles. The minimum absolute atomic E-state index is 0.0253. The van der Waals surface area contributed by atoms with E-state index in [1.54, 1.807) is 41.5 Å². The van der Waals surface area contributed by atoms with Gasteiger partial charge in [-0.1, -0.05) is 12.1 Å². The van der Waals surface area contributed by atoms with Gasteiger partial charge in [0.15, 0.2) is 11.2 Å². The van der Waals surface area contributed by atoms with E-state index in [4.69, 9.17) is 9.47 Å². The molecule has 1 saturated carbocycles. The fourth-order valence-electron chi connectivity index (χ4n) is 3.71. The van der Waals surface area contributed by atoms with E-state index in [2.05, 4.69) is 5.32 Å². The van der Waals surface area contributed by atoms with Crippen LogP contribution in [0, 0.1) is 5.41 Å². The first kappa shape index (κ1) is 25.7. The van der Waals surface area contributed by atoms with Gasteiger partial charge in [0.2, 0.25) is 0 Å². The Bertz CT molecular complexity index is 883. The zero-order chi connectivity index (χ0) is 24.5. The van der Waals surface area contributed by atoms with Crippen LogP contribution in [0.1, 0.15) is 78.0 Å². The van der Waals surface area contributed by atoms with E-state index >= 15 is 0 Å². The third-order valence-corrected chi connectivity index (χ3v) is 4.94. The average molecular weight is 457 g/mol. The van der Waals surface area contributed by atoms with Gasteiger partial charge in [-0.05, 0) is 72.1 Å². The van der Waals surface area contributed by atoms with Crippen molar-refractivity contribution >= 4 is 17.8 Å². The highest BCUT2D eigenvalue weighted by Gasteiger charge is 2.57. The molecule has 1 fully saturated rings. The first-order valence-electron chi connectivity index (χ1n) is 10.4. The predicted molar refractivity (Wildman–Crippen MR) is 111 cm³/mol. The molecule has 1 amide bonds. The number of nitrogens with one attached hydrogen (secondary N) is 1. The molecule has 32 heavy (non-hydrogen) atoms. The normalized spacial score (nSPS) is 20.6. The van der Waals surface area contributed by atoms with Crippen molar-refractivity contribution in [1.82, 2.24) is 5.32 Å². The monoisotopic (exact) mass is 457 g/mol. The van der Waals surface area contributed by atoms with Crippen molar-refractivity contribution in [2.75, 3.05) is 0 Å². The zero-order valence-corrected chi connectivity index (χ0v) is 19.2. The summed E-state index contributed by atoms with van der Waals surface area (Å²) in [6, 6.07) is 2.83. The van der Waals surface area contributed by atoms with Crippen LogP contribution in [0.15, 0.2) is 24.3 Å². The fourth-order valence-corrected chi connectivity index (χ4v) is 3.71. The van der Waals surface area contributed by atoms with Gasteiger partial charge < -0.3 is 14.8 Å². The van der Waals surface area contributed by atoms with Gasteiger partial charge >= 0.3 is 18.2 Å². The number of hydrogen-bond donors (Lipinski definition) is 1. The lowest BCUT2D eigenvalue weighted by atomic mass is 9.74. The molecule has 9 heteroatoms. The van der Waals surface area contributed by atoms with E-state index in [-0.39, 0.29) is 18.4 Å². The van der Waals surface area contributed by atoms with E-state index in [1.807, 2.05) is 0 Å². The van der Waals surface area contributed by atoms with E-state index in [0.29, 0.717) is 6.42 Å². The number of alkyl carbamates (subject to hydrolysis) is 1. The topological polar surface area (TPSA) is 81.7 Å². The highest BCUT2D eigenvalue weighted by atomic mass is 19.4. The maximum Gasteiger partial charge on any atom is 0.416 e. The smallest absolute Gasteiger partial charge is 0.416 e. The lowest BCUT2D eigenvalue weighted by Crippen LogP contribution is -2.51. The number of ether oxygens (including phenoxy) is 2. The summed E-state index contributed by atoms with van der Waals surface area (Å²) >= 11 is 0. The molecule has 178 valence electrons. The Kier molecular flexibility index (Phi) is 7.02. The molecular weight excluding hydrogens is 427 g/mol. The van der Waals surface area contributed by atoms with E-state index in [0.717, 1.165) is 12.1 Å². The first-order valence-corrected chi connectivity index (χ1v) is 10.4. The molecule has 2 atom stereocenters. The van der Waals surface area contributed by atoms with E-state index in [9.17, 15) is 27.6 Å². The number of rotatable bonds is 4. The summed E-state index contributed by atoms with van der Waals surface area (Å²) < 4.78 is 50.9. The molecule has 0 spiro atoms. The van der Waals surface area contributed by atoms with E-state index in [1.165, 1.54) is 12.1 Å². The molecule has 1 aliphatic rings. The van der Waals surface area contributed by atoms with Gasteiger partial charge in [-0.2, -0.15) is 13.2 Å². The Morgan fingerprint density at radius 2 is 1.62 bits per heavy atom. The van der Waals surface area contributed by atoms with Crippen molar-refractivity contribution in [2.24, 2.45) is 5.41 Å². The van der Waals surface area contributed by atoms with Crippen molar-refractivity contribution in [3.8, 4) is 0 Å². The molecule has 0 bridgehead atoms. The standard InChI is InChI=1S/C23H30F3NO5/c1-20(2,3)31-18(29)22(12-8-11-16(22)28)17(27-19(30)32-21(4,5)6)14-9-7-10-15(13-14)23(24,25)26/h7,9-10,13,17H,8,11-12H2,1-6H3,(H,27,30)/t17-,22+/m0/s1. The first-order chi connectivity index (χ1) is 14.5. The van der Waals surface area contributed by atoms with Gasteiger partial charge in [0.25, 0.3) is 0 Å². The summed E-state index contributed by atoms with van der Waals surface area (Å²) in [5.74, 6) is -1.38. The number of carbonyl (C=O) groups excluding carboxylic acids is 3. The number of amides is 1. The molecule has 0 unspecified atom stereocenters. The van der Waals surface area contributed by atoms with Crippen molar-refractivity contribution in [2.45, 2.75) is 84.2 Å². The van der Waals surface area contributed by atoms with E-state index < -0.39 is 52.2 Å². The molecule has 2 rings (SSSR count). The third kappa shape index (κ3) is 6.01. The fraction of sp³-hybridized carbons (Fsp3) is 0.609. The lowest BCUT2D eigenvalue weighted by molar-refractivity contribution is -0.171. The number of halogens is 3. The van der Waals surface area contributed by atoms with Crippen LogP contribution < -0.4 is 5.32 Å². The van der Waals surface area contributed by atoms with Crippen LogP contribution in [0.5, 0.6) is 0 Å². The van der Waals surface area contributed by atoms with Crippen LogP contribution in [0.2, 0.25) is 0 Å². The second kappa shape index (κ2) is 8.75. The second-order valence-corrected chi connectivity index (χ2v) is 9.95. The van der Waals surface area contributed by atoms with Crippen LogP contribution in [0.4, 0.5) is 18.0 Å². The Morgan fingerprint density at radius 1 is 1.03 bits per heavy atom. The Morgan fingerprint density at radius 3 is 2.09 bits per heavy atom. The minimum Gasteiger partial charge on any atom is -0.459 e. The van der Waals surface area contributed by atoms with Gasteiger partial charge in [-0.15, -0.1) is 0 Å². The van der Waals surface area contributed by atoms with Crippen molar-refractivity contribution in [3.05, 3.63) is 35.4 Å². The third-order valence-electron chi connectivity index (χ3n) is 4.94. The molecule has 0 saturated heterocycles. The molecule has 6 nitrogen and oxygen atoms in total. The second-order valence-electron chi connectivity index (χ2n) is 9.95. The minimum atomic E-state index is -4.65. The van der Waals surface area contributed by atoms with Crippen LogP contribution in [0.3, 0.4) is 0 Å². The summed E-state index contributed by atoms with van der Waals surface area (Å²) in [6.07, 6.45) is -5.20. The summed E-state index contributed by atoms with van der Waals surface area (Å²) in [4.78, 5) is 39.0. The zero-order valence-electron chi connectivity index (χ0n) is 19.2. The van der Waals surface area contributed by atoms with Crippen LogP contribution in [0.25, 0.3) is 0 Å². The predicted octanol–water partition coefficient (Wildman–Crippen LogP) is 5.35. The Labute approximate surface area is 185 Å². The lowest BCUT2D eigenvalue weighted by Gasteiger charge is -2.37. The molecule has 0 aliphatic heterocycles. The maximum absolute atomic E-state index is 13.4. The number of hydrogen-bond acceptors (Lipinski definition) is 5. The SMILES string of the molecule is CC(C)(C)OC(=O)N[C@@H](c1cccc(C(F)(F)F)c1)[C@@]1(C(=O)OC(C)(C)C)CCCC1=O. The molecule has 0 radical (unpaired) electrons. The molecule has 1 aliphatic carbocycles. The van der Waals surface area contributed by atoms with Gasteiger partial charge in [-0.3, -0.25) is 9.59 Å². The molecule has 0 heterocycles. The van der Waals surface area contributed by atoms with Gasteiger partial charge in [-0.25, -0.2) is 4.79 Å². The quantitative estimate of drug-likeness (QED) is 0.487. The van der Waals surface area contributed by atoms with Gasteiger partial charge in [0.05, 0.1) is 11.6 Å². The van der Waals surface area contributed by atoms with Crippen LogP contribution in [-0.4, -0.2) is 29.0 Å². The highest BCUT2D eigenvalue weighted by Crippen LogP contribution is 2.47. The van der Waals surface area contributed by atoms with Crippen molar-refractivity contribution in [1.29, 1.82) is 0 Å². The van der Waals surface area contributed by atoms with Crippen molar-refractivity contribution < 1.29 is 37.0 Å². The number of esters is 1. The summed E-state index contributed by atoms with van der Waals surface area (Å²) in [5, 5.41) is 2.50.